The van der Waals surface area contributed by atoms with Crippen molar-refractivity contribution in [3.63, 3.8) is 0 Å². The van der Waals surface area contributed by atoms with Gasteiger partial charge in [-0.25, -0.2) is 4.98 Å². The van der Waals surface area contributed by atoms with E-state index in [0.717, 1.165) is 35.0 Å². The molecule has 2 aromatic rings. The molecule has 1 heterocycles. The van der Waals surface area contributed by atoms with Crippen LogP contribution in [0.4, 0.5) is 0 Å². The fraction of sp³-hybridized carbons (Fsp3) is 0.250. The van der Waals surface area contributed by atoms with E-state index in [0.29, 0.717) is 6.04 Å². The molecule has 0 bridgehead atoms. The first-order valence-electron chi connectivity index (χ1n) is 6.57. The molecular weight excluding hydrogens is 236 g/mol. The van der Waals surface area contributed by atoms with Crippen molar-refractivity contribution in [3.05, 3.63) is 47.7 Å². The van der Waals surface area contributed by atoms with E-state index >= 15 is 0 Å². The van der Waals surface area contributed by atoms with Crippen LogP contribution in [0, 0.1) is 6.92 Å². The quantitative estimate of drug-likeness (QED) is 0.853. The number of fused-ring (bicyclic) bond motifs is 1. The Morgan fingerprint density at radius 1 is 1.32 bits per heavy atom. The minimum absolute atomic E-state index is 0.0332. The Morgan fingerprint density at radius 2 is 2.16 bits per heavy atom. The Hall–Kier alpha value is -2.16. The van der Waals surface area contributed by atoms with Gasteiger partial charge in [-0.05, 0) is 37.5 Å². The number of para-hydroxylation sites is 1. The number of amides is 1. The van der Waals surface area contributed by atoms with E-state index in [4.69, 9.17) is 0 Å². The van der Waals surface area contributed by atoms with Gasteiger partial charge in [-0.15, -0.1) is 0 Å². The molecule has 1 N–H and O–H groups in total. The third-order valence-electron chi connectivity index (χ3n) is 3.27. The van der Waals surface area contributed by atoms with Crippen molar-refractivity contribution < 1.29 is 4.79 Å². The summed E-state index contributed by atoms with van der Waals surface area (Å²) in [4.78, 5) is 16.1. The zero-order chi connectivity index (χ0) is 13.2. The first-order chi connectivity index (χ1) is 9.22. The van der Waals surface area contributed by atoms with Gasteiger partial charge in [-0.2, -0.15) is 0 Å². The molecule has 1 aromatic carbocycles. The van der Waals surface area contributed by atoms with Crippen LogP contribution in [-0.4, -0.2) is 16.9 Å². The Balaban J connectivity index is 1.82. The topological polar surface area (TPSA) is 42.0 Å². The molecule has 0 aliphatic heterocycles. The average Bonchev–Trinajstić information content (AvgIpc) is 3.21. The summed E-state index contributed by atoms with van der Waals surface area (Å²) >= 11 is 0. The van der Waals surface area contributed by atoms with E-state index in [1.807, 2.05) is 37.3 Å². The lowest BCUT2D eigenvalue weighted by atomic mass is 10.1. The molecule has 1 aliphatic rings. The molecule has 0 saturated heterocycles. The van der Waals surface area contributed by atoms with Crippen molar-refractivity contribution in [2.75, 3.05) is 0 Å². The fourth-order valence-corrected chi connectivity index (χ4v) is 2.04. The number of rotatable bonds is 3. The summed E-state index contributed by atoms with van der Waals surface area (Å²) in [6.07, 6.45) is 5.54. The molecule has 0 atom stereocenters. The molecule has 0 unspecified atom stereocenters. The van der Waals surface area contributed by atoms with Crippen LogP contribution in [0.2, 0.25) is 0 Å². The Kier molecular flexibility index (Phi) is 3.03. The van der Waals surface area contributed by atoms with Crippen molar-refractivity contribution >= 4 is 22.9 Å². The van der Waals surface area contributed by atoms with E-state index in [2.05, 4.69) is 10.3 Å². The molecule has 0 spiro atoms. The second-order valence-corrected chi connectivity index (χ2v) is 5.00. The lowest BCUT2D eigenvalue weighted by Crippen LogP contribution is -2.22. The Labute approximate surface area is 112 Å². The molecule has 1 aromatic heterocycles. The number of nitrogens with one attached hydrogen (secondary N) is 1. The summed E-state index contributed by atoms with van der Waals surface area (Å²) in [5, 5.41) is 4.04. The minimum atomic E-state index is -0.0332. The highest BCUT2D eigenvalue weighted by atomic mass is 16.1. The van der Waals surface area contributed by atoms with E-state index in [1.54, 1.807) is 12.2 Å². The predicted molar refractivity (Wildman–Crippen MR) is 76.7 cm³/mol. The number of aromatic nitrogens is 1. The molecule has 0 radical (unpaired) electrons. The van der Waals surface area contributed by atoms with Crippen molar-refractivity contribution in [1.29, 1.82) is 0 Å². The molecule has 1 saturated carbocycles. The smallest absolute Gasteiger partial charge is 0.244 e. The molecule has 1 aliphatic carbocycles. The third-order valence-corrected chi connectivity index (χ3v) is 3.27. The van der Waals surface area contributed by atoms with Gasteiger partial charge in [-0.3, -0.25) is 4.79 Å². The van der Waals surface area contributed by atoms with Gasteiger partial charge >= 0.3 is 0 Å². The Bertz CT molecular complexity index is 657. The number of aryl methyl sites for hydroxylation is 1. The summed E-state index contributed by atoms with van der Waals surface area (Å²) in [5.41, 5.74) is 2.95. The van der Waals surface area contributed by atoms with Crippen LogP contribution in [0.15, 0.2) is 36.4 Å². The van der Waals surface area contributed by atoms with Gasteiger partial charge in [0.05, 0.1) is 11.2 Å². The second kappa shape index (κ2) is 4.84. The van der Waals surface area contributed by atoms with Crippen molar-refractivity contribution in [3.8, 4) is 0 Å². The summed E-state index contributed by atoms with van der Waals surface area (Å²) in [5.74, 6) is -0.0332. The summed E-state index contributed by atoms with van der Waals surface area (Å²) in [6, 6.07) is 10.5. The average molecular weight is 252 g/mol. The molecule has 3 rings (SSSR count). The van der Waals surface area contributed by atoms with Gasteiger partial charge in [0.2, 0.25) is 5.91 Å². The first-order valence-corrected chi connectivity index (χ1v) is 6.57. The van der Waals surface area contributed by atoms with Gasteiger partial charge in [0.15, 0.2) is 0 Å². The zero-order valence-corrected chi connectivity index (χ0v) is 10.9. The maximum Gasteiger partial charge on any atom is 0.244 e. The van der Waals surface area contributed by atoms with Gasteiger partial charge in [0, 0.05) is 17.5 Å². The fourth-order valence-electron chi connectivity index (χ4n) is 2.04. The summed E-state index contributed by atoms with van der Waals surface area (Å²) in [7, 11) is 0. The van der Waals surface area contributed by atoms with Gasteiger partial charge in [0.1, 0.15) is 0 Å². The van der Waals surface area contributed by atoms with Crippen molar-refractivity contribution in [1.82, 2.24) is 10.3 Å². The SMILES string of the molecule is Cc1cccc2ccc(/C=C/C(=O)NC3CC3)nc12. The molecule has 96 valence electrons. The number of hydrogen-bond acceptors (Lipinski definition) is 2. The molecule has 1 amide bonds. The number of hydrogen-bond donors (Lipinski definition) is 1. The maximum absolute atomic E-state index is 11.6. The highest BCUT2D eigenvalue weighted by Gasteiger charge is 2.21. The lowest BCUT2D eigenvalue weighted by molar-refractivity contribution is -0.116. The van der Waals surface area contributed by atoms with Crippen molar-refractivity contribution in [2.45, 2.75) is 25.8 Å². The van der Waals surface area contributed by atoms with E-state index in [-0.39, 0.29) is 5.91 Å². The third kappa shape index (κ3) is 2.81. The van der Waals surface area contributed by atoms with Crippen molar-refractivity contribution in [2.24, 2.45) is 0 Å². The van der Waals surface area contributed by atoms with Crippen LogP contribution in [0.25, 0.3) is 17.0 Å². The van der Waals surface area contributed by atoms with E-state index < -0.39 is 0 Å². The summed E-state index contributed by atoms with van der Waals surface area (Å²) in [6.45, 7) is 2.04. The second-order valence-electron chi connectivity index (χ2n) is 5.00. The van der Waals surface area contributed by atoms with Crippen LogP contribution < -0.4 is 5.32 Å². The highest BCUT2D eigenvalue weighted by molar-refractivity contribution is 5.92. The Morgan fingerprint density at radius 3 is 2.95 bits per heavy atom. The lowest BCUT2D eigenvalue weighted by Gasteiger charge is -2.02. The monoisotopic (exact) mass is 252 g/mol. The standard InChI is InChI=1S/C16H16N2O/c1-11-3-2-4-12-5-6-14(18-16(11)12)9-10-15(19)17-13-7-8-13/h2-6,9-10,13H,7-8H2,1H3,(H,17,19)/b10-9+. The van der Waals surface area contributed by atoms with Crippen LogP contribution in [0.5, 0.6) is 0 Å². The van der Waals surface area contributed by atoms with Crippen LogP contribution in [0.3, 0.4) is 0 Å². The number of pyridine rings is 1. The maximum atomic E-state index is 11.6. The zero-order valence-electron chi connectivity index (χ0n) is 10.9. The number of carbonyl (C=O) groups is 1. The van der Waals surface area contributed by atoms with Gasteiger partial charge in [0.25, 0.3) is 0 Å². The van der Waals surface area contributed by atoms with Gasteiger partial charge in [-0.1, -0.05) is 24.3 Å². The molecule has 19 heavy (non-hydrogen) atoms. The van der Waals surface area contributed by atoms with Gasteiger partial charge < -0.3 is 5.32 Å². The predicted octanol–water partition coefficient (Wildman–Crippen LogP) is 2.84. The molecule has 3 heteroatoms. The van der Waals surface area contributed by atoms with Crippen LogP contribution >= 0.6 is 0 Å². The minimum Gasteiger partial charge on any atom is -0.350 e. The van der Waals surface area contributed by atoms with E-state index in [1.165, 1.54) is 0 Å². The number of benzene rings is 1. The molecular formula is C16H16N2O. The normalized spacial score (nSPS) is 15.0. The van der Waals surface area contributed by atoms with Crippen LogP contribution in [-0.2, 0) is 4.79 Å². The van der Waals surface area contributed by atoms with E-state index in [9.17, 15) is 4.79 Å². The first kappa shape index (κ1) is 11.9. The number of carbonyl (C=O) groups excluding carboxylic acids is 1. The number of nitrogens with zero attached hydrogens (tertiary/aromatic N) is 1. The molecule has 3 nitrogen and oxygen atoms in total. The summed E-state index contributed by atoms with van der Waals surface area (Å²) < 4.78 is 0. The highest BCUT2D eigenvalue weighted by Crippen LogP contribution is 2.19. The van der Waals surface area contributed by atoms with Crippen LogP contribution in [0.1, 0.15) is 24.1 Å². The molecule has 1 fully saturated rings. The largest absolute Gasteiger partial charge is 0.350 e.